The van der Waals surface area contributed by atoms with Crippen LogP contribution in [-0.4, -0.2) is 0 Å². The van der Waals surface area contributed by atoms with Crippen molar-refractivity contribution in [1.29, 1.82) is 0 Å². The minimum absolute atomic E-state index is 0.0886. The minimum atomic E-state index is -0.293. The van der Waals surface area contributed by atoms with Gasteiger partial charge in [0.25, 0.3) is 0 Å². The van der Waals surface area contributed by atoms with Crippen molar-refractivity contribution in [3.63, 3.8) is 0 Å². The molecule has 0 saturated carbocycles. The number of nitrogens with one attached hydrogen (secondary N) is 1. The summed E-state index contributed by atoms with van der Waals surface area (Å²) in [6.07, 6.45) is 0.541. The summed E-state index contributed by atoms with van der Waals surface area (Å²) >= 11 is 11.2. The highest BCUT2D eigenvalue weighted by Gasteiger charge is 2.16. The van der Waals surface area contributed by atoms with Crippen molar-refractivity contribution in [2.75, 3.05) is 0 Å². The molecule has 1 atom stereocenters. The molecule has 0 saturated heterocycles. The molecule has 2 nitrogen and oxygen atoms in total. The van der Waals surface area contributed by atoms with Crippen LogP contribution in [0, 0.1) is 12.7 Å². The van der Waals surface area contributed by atoms with E-state index in [-0.39, 0.29) is 11.9 Å². The third-order valence-electron chi connectivity index (χ3n) is 2.85. The van der Waals surface area contributed by atoms with Crippen molar-refractivity contribution < 1.29 is 4.39 Å². The molecule has 0 fully saturated rings. The molecule has 102 valence electrons. The van der Waals surface area contributed by atoms with Crippen molar-refractivity contribution in [3.8, 4) is 0 Å². The van der Waals surface area contributed by atoms with Crippen molar-refractivity contribution in [2.45, 2.75) is 19.4 Å². The SMILES string of the molecule is Cc1cc(C(Cc2cc(F)ccc2Cl)NN)sc1Br. The Morgan fingerprint density at radius 1 is 1.47 bits per heavy atom. The molecular weight excluding hydrogens is 351 g/mol. The van der Waals surface area contributed by atoms with Gasteiger partial charge in [0.1, 0.15) is 5.82 Å². The van der Waals surface area contributed by atoms with E-state index in [4.69, 9.17) is 17.4 Å². The molecule has 2 aromatic rings. The molecule has 1 aromatic carbocycles. The van der Waals surface area contributed by atoms with Crippen LogP contribution in [0.15, 0.2) is 28.1 Å². The third kappa shape index (κ3) is 3.55. The summed E-state index contributed by atoms with van der Waals surface area (Å²) in [7, 11) is 0. The molecule has 0 aliphatic heterocycles. The highest BCUT2D eigenvalue weighted by Crippen LogP contribution is 2.33. The first-order valence-corrected chi connectivity index (χ1v) is 7.66. The molecule has 1 unspecified atom stereocenters. The van der Waals surface area contributed by atoms with E-state index in [2.05, 4.69) is 27.4 Å². The lowest BCUT2D eigenvalue weighted by Crippen LogP contribution is -2.29. The number of rotatable bonds is 4. The number of benzene rings is 1. The predicted molar refractivity (Wildman–Crippen MR) is 81.9 cm³/mol. The average Bonchev–Trinajstić information content (AvgIpc) is 2.70. The summed E-state index contributed by atoms with van der Waals surface area (Å²) in [5.74, 6) is 5.31. The summed E-state index contributed by atoms with van der Waals surface area (Å²) in [6, 6.07) is 6.33. The number of nitrogens with two attached hydrogens (primary N) is 1. The molecule has 2 rings (SSSR count). The Labute approximate surface area is 128 Å². The molecule has 0 bridgehead atoms. The minimum Gasteiger partial charge on any atom is -0.271 e. The quantitative estimate of drug-likeness (QED) is 0.626. The molecule has 19 heavy (non-hydrogen) atoms. The summed E-state index contributed by atoms with van der Waals surface area (Å²) in [4.78, 5) is 1.09. The van der Waals surface area contributed by atoms with Crippen LogP contribution in [0.5, 0.6) is 0 Å². The van der Waals surface area contributed by atoms with Crippen molar-refractivity contribution in [1.82, 2.24) is 5.43 Å². The number of thiophene rings is 1. The Kier molecular flexibility index (Phi) is 4.97. The summed E-state index contributed by atoms with van der Waals surface area (Å²) < 4.78 is 14.3. The van der Waals surface area contributed by atoms with Crippen molar-refractivity contribution in [3.05, 3.63) is 54.9 Å². The van der Waals surface area contributed by atoms with Crippen molar-refractivity contribution in [2.24, 2.45) is 5.84 Å². The molecule has 1 aromatic heterocycles. The van der Waals surface area contributed by atoms with E-state index >= 15 is 0 Å². The van der Waals surface area contributed by atoms with E-state index in [1.165, 1.54) is 12.1 Å². The molecule has 1 heterocycles. The maximum absolute atomic E-state index is 13.3. The molecule has 0 radical (unpaired) electrons. The maximum Gasteiger partial charge on any atom is 0.123 e. The fraction of sp³-hybridized carbons (Fsp3) is 0.231. The first kappa shape index (κ1) is 14.9. The van der Waals surface area contributed by atoms with Gasteiger partial charge in [-0.1, -0.05) is 11.6 Å². The van der Waals surface area contributed by atoms with E-state index in [0.29, 0.717) is 11.4 Å². The van der Waals surface area contributed by atoms with Gasteiger partial charge in [0.2, 0.25) is 0 Å². The molecule has 0 aliphatic rings. The Morgan fingerprint density at radius 3 is 2.79 bits per heavy atom. The second-order valence-corrected chi connectivity index (χ2v) is 7.07. The molecule has 3 N–H and O–H groups in total. The van der Waals surface area contributed by atoms with Crippen molar-refractivity contribution >= 4 is 38.9 Å². The van der Waals surface area contributed by atoms with Crippen LogP contribution in [0.4, 0.5) is 4.39 Å². The standard InChI is InChI=1S/C13H13BrClFN2S/c1-7-4-12(19-13(7)14)11(18-17)6-8-5-9(16)2-3-10(8)15/h2-5,11,18H,6,17H2,1H3. The highest BCUT2D eigenvalue weighted by atomic mass is 79.9. The van der Waals surface area contributed by atoms with Gasteiger partial charge in [0, 0.05) is 9.90 Å². The van der Waals surface area contributed by atoms with Crippen LogP contribution in [0.3, 0.4) is 0 Å². The summed E-state index contributed by atoms with van der Waals surface area (Å²) in [5.41, 5.74) is 4.66. The van der Waals surface area contributed by atoms with E-state index in [9.17, 15) is 4.39 Å². The fourth-order valence-corrected chi connectivity index (χ4v) is 3.64. The number of hydrazine groups is 1. The predicted octanol–water partition coefficient (Wildman–Crippen LogP) is 4.36. The Morgan fingerprint density at radius 2 is 2.21 bits per heavy atom. The Balaban J connectivity index is 2.26. The molecule has 0 spiro atoms. The average molecular weight is 364 g/mol. The van der Waals surface area contributed by atoms with Gasteiger partial charge in [-0.3, -0.25) is 11.3 Å². The van der Waals surface area contributed by atoms with Gasteiger partial charge in [-0.25, -0.2) is 4.39 Å². The van der Waals surface area contributed by atoms with E-state index < -0.39 is 0 Å². The lowest BCUT2D eigenvalue weighted by atomic mass is 10.0. The van der Waals surface area contributed by atoms with Gasteiger partial charge in [-0.15, -0.1) is 11.3 Å². The van der Waals surface area contributed by atoms with Crippen LogP contribution in [0.2, 0.25) is 5.02 Å². The fourth-order valence-electron chi connectivity index (χ4n) is 1.82. The number of halogens is 3. The number of aryl methyl sites for hydroxylation is 1. The van der Waals surface area contributed by atoms with Gasteiger partial charge >= 0.3 is 0 Å². The van der Waals surface area contributed by atoms with Gasteiger partial charge in [0.15, 0.2) is 0 Å². The zero-order valence-corrected chi connectivity index (χ0v) is 13.4. The lowest BCUT2D eigenvalue weighted by molar-refractivity contribution is 0.556. The zero-order valence-electron chi connectivity index (χ0n) is 10.2. The smallest absolute Gasteiger partial charge is 0.123 e. The van der Waals surface area contributed by atoms with E-state index in [1.54, 1.807) is 17.4 Å². The lowest BCUT2D eigenvalue weighted by Gasteiger charge is -2.15. The maximum atomic E-state index is 13.3. The summed E-state index contributed by atoms with van der Waals surface area (Å²) in [6.45, 7) is 2.02. The highest BCUT2D eigenvalue weighted by molar-refractivity contribution is 9.11. The first-order valence-electron chi connectivity index (χ1n) is 5.67. The van der Waals surface area contributed by atoms with Crippen LogP contribution < -0.4 is 11.3 Å². The second kappa shape index (κ2) is 6.33. The Hall–Kier alpha value is -0.460. The topological polar surface area (TPSA) is 38.0 Å². The first-order chi connectivity index (χ1) is 9.01. The number of hydrogen-bond acceptors (Lipinski definition) is 3. The van der Waals surface area contributed by atoms with E-state index in [0.717, 1.165) is 19.8 Å². The molecule has 6 heteroatoms. The number of hydrogen-bond donors (Lipinski definition) is 2. The van der Waals surface area contributed by atoms with E-state index in [1.807, 2.05) is 6.92 Å². The Bertz CT molecular complexity index is 569. The van der Waals surface area contributed by atoms with Gasteiger partial charge < -0.3 is 0 Å². The van der Waals surface area contributed by atoms with Crippen LogP contribution in [0.25, 0.3) is 0 Å². The van der Waals surface area contributed by atoms with Gasteiger partial charge in [-0.2, -0.15) is 0 Å². The molecule has 0 aliphatic carbocycles. The normalized spacial score (nSPS) is 12.7. The third-order valence-corrected chi connectivity index (χ3v) is 5.47. The summed E-state index contributed by atoms with van der Waals surface area (Å²) in [5, 5.41) is 0.550. The molecular formula is C13H13BrClFN2S. The zero-order chi connectivity index (χ0) is 14.0. The van der Waals surface area contributed by atoms with Crippen LogP contribution in [-0.2, 0) is 6.42 Å². The largest absolute Gasteiger partial charge is 0.271 e. The molecule has 0 amide bonds. The van der Waals surface area contributed by atoms with Gasteiger partial charge in [-0.05, 0) is 64.7 Å². The van der Waals surface area contributed by atoms with Gasteiger partial charge in [0.05, 0.1) is 9.83 Å². The second-order valence-electron chi connectivity index (χ2n) is 4.26. The monoisotopic (exact) mass is 362 g/mol. The van der Waals surface area contributed by atoms with Crippen LogP contribution >= 0.6 is 38.9 Å². The van der Waals surface area contributed by atoms with Crippen LogP contribution in [0.1, 0.15) is 22.0 Å².